The maximum absolute atomic E-state index is 12.5. The molecule has 1 aromatic rings. The van der Waals surface area contributed by atoms with Crippen LogP contribution in [0.1, 0.15) is 6.42 Å². The number of anilines is 1. The van der Waals surface area contributed by atoms with Gasteiger partial charge in [-0.1, -0.05) is 30.9 Å². The van der Waals surface area contributed by atoms with E-state index >= 15 is 0 Å². The number of ether oxygens (including phenoxy) is 2. The van der Waals surface area contributed by atoms with E-state index in [4.69, 9.17) is 9.47 Å². The van der Waals surface area contributed by atoms with Gasteiger partial charge >= 0.3 is 6.09 Å². The molecule has 0 bridgehead atoms. The number of methoxy groups -OCH3 is 1. The van der Waals surface area contributed by atoms with Crippen molar-refractivity contribution in [2.75, 3.05) is 32.2 Å². The highest BCUT2D eigenvalue weighted by molar-refractivity contribution is 6.05. The maximum atomic E-state index is 12.5. The van der Waals surface area contributed by atoms with Crippen LogP contribution < -0.4 is 5.32 Å². The summed E-state index contributed by atoms with van der Waals surface area (Å²) in [5, 5.41) is 3.19. The molecule has 1 aliphatic rings. The number of amides is 2. The Labute approximate surface area is 135 Å². The monoisotopic (exact) mass is 316 g/mol. The first kappa shape index (κ1) is 16.8. The molecule has 0 aromatic heterocycles. The fourth-order valence-corrected chi connectivity index (χ4v) is 2.30. The van der Waals surface area contributed by atoms with E-state index in [2.05, 4.69) is 11.9 Å². The third-order valence-corrected chi connectivity index (χ3v) is 3.36. The van der Waals surface area contributed by atoms with E-state index < -0.39 is 6.09 Å². The van der Waals surface area contributed by atoms with Crippen molar-refractivity contribution < 1.29 is 19.1 Å². The molecule has 1 aliphatic heterocycles. The predicted molar refractivity (Wildman–Crippen MR) is 86.8 cm³/mol. The van der Waals surface area contributed by atoms with Gasteiger partial charge in [0.2, 0.25) is 0 Å². The van der Waals surface area contributed by atoms with Gasteiger partial charge < -0.3 is 14.8 Å². The summed E-state index contributed by atoms with van der Waals surface area (Å²) in [6.07, 6.45) is 1.27. The van der Waals surface area contributed by atoms with Crippen LogP contribution in [0.4, 0.5) is 10.5 Å². The molecular formula is C17H20N2O4. The Morgan fingerprint density at radius 2 is 2.13 bits per heavy atom. The molecule has 1 saturated heterocycles. The van der Waals surface area contributed by atoms with Gasteiger partial charge in [0.05, 0.1) is 12.3 Å². The van der Waals surface area contributed by atoms with Crippen molar-refractivity contribution >= 4 is 17.7 Å². The number of benzene rings is 1. The number of hydrogen-bond donors (Lipinski definition) is 1. The Balaban J connectivity index is 2.17. The second-order valence-electron chi connectivity index (χ2n) is 4.95. The Morgan fingerprint density at radius 3 is 2.78 bits per heavy atom. The molecule has 6 heteroatoms. The Morgan fingerprint density at radius 1 is 1.39 bits per heavy atom. The minimum atomic E-state index is -0.652. The number of imide groups is 1. The molecule has 2 rings (SSSR count). The molecule has 6 nitrogen and oxygen atoms in total. The minimum absolute atomic E-state index is 0.0782. The number of carbonyl (C=O) groups excluding carboxylic acids is 2. The highest BCUT2D eigenvalue weighted by Crippen LogP contribution is 2.23. The van der Waals surface area contributed by atoms with Crippen molar-refractivity contribution in [1.29, 1.82) is 0 Å². The molecule has 122 valence electrons. The fourth-order valence-electron chi connectivity index (χ4n) is 2.30. The smallest absolute Gasteiger partial charge is 0.417 e. The fraction of sp³-hybridized carbons (Fsp3) is 0.294. The largest absolute Gasteiger partial charge is 0.445 e. The average molecular weight is 316 g/mol. The summed E-state index contributed by atoms with van der Waals surface area (Å²) in [5.74, 6) is -0.352. The quantitative estimate of drug-likeness (QED) is 0.645. The summed E-state index contributed by atoms with van der Waals surface area (Å²) < 4.78 is 10.1. The Bertz CT molecular complexity index is 610. The third kappa shape index (κ3) is 4.20. The summed E-state index contributed by atoms with van der Waals surface area (Å²) in [4.78, 5) is 25.4. The molecule has 2 amide bonds. The van der Waals surface area contributed by atoms with Crippen molar-refractivity contribution in [3.8, 4) is 0 Å². The first-order chi connectivity index (χ1) is 11.2. The van der Waals surface area contributed by atoms with E-state index in [1.165, 1.54) is 6.08 Å². The van der Waals surface area contributed by atoms with Gasteiger partial charge in [0, 0.05) is 24.9 Å². The molecule has 1 aromatic carbocycles. The summed E-state index contributed by atoms with van der Waals surface area (Å²) >= 11 is 0. The molecule has 1 fully saturated rings. The van der Waals surface area contributed by atoms with E-state index in [1.54, 1.807) is 7.11 Å². The molecule has 0 atom stereocenters. The van der Waals surface area contributed by atoms with Crippen molar-refractivity contribution in [2.24, 2.45) is 0 Å². The van der Waals surface area contributed by atoms with Crippen LogP contribution in [-0.4, -0.2) is 43.8 Å². The number of rotatable bonds is 6. The van der Waals surface area contributed by atoms with Crippen molar-refractivity contribution in [3.05, 3.63) is 54.3 Å². The van der Waals surface area contributed by atoms with Gasteiger partial charge in [-0.05, 0) is 18.6 Å². The zero-order valence-electron chi connectivity index (χ0n) is 13.1. The number of para-hydroxylation sites is 1. The van der Waals surface area contributed by atoms with Crippen molar-refractivity contribution in [1.82, 2.24) is 4.90 Å². The average Bonchev–Trinajstić information content (AvgIpc) is 2.95. The Kier molecular flexibility index (Phi) is 5.94. The second-order valence-corrected chi connectivity index (χ2v) is 4.95. The lowest BCUT2D eigenvalue weighted by Gasteiger charge is -2.15. The van der Waals surface area contributed by atoms with Crippen molar-refractivity contribution in [2.45, 2.75) is 6.42 Å². The lowest BCUT2D eigenvalue weighted by atomic mass is 10.1. The summed E-state index contributed by atoms with van der Waals surface area (Å²) in [5.41, 5.74) is 2.04. The van der Waals surface area contributed by atoms with Gasteiger partial charge in [-0.15, -0.1) is 0 Å². The Hall–Kier alpha value is -2.60. The number of carbonyl (C=O) groups is 2. The zero-order chi connectivity index (χ0) is 16.7. The molecule has 23 heavy (non-hydrogen) atoms. The molecule has 0 radical (unpaired) electrons. The maximum Gasteiger partial charge on any atom is 0.417 e. The molecular weight excluding hydrogens is 296 g/mol. The molecule has 0 aliphatic carbocycles. The molecule has 0 saturated carbocycles. The van der Waals surface area contributed by atoms with Crippen molar-refractivity contribution in [3.63, 3.8) is 0 Å². The van der Waals surface area contributed by atoms with Gasteiger partial charge in [-0.3, -0.25) is 4.79 Å². The first-order valence-electron chi connectivity index (χ1n) is 7.30. The van der Waals surface area contributed by atoms with Gasteiger partial charge in [0.15, 0.2) is 0 Å². The predicted octanol–water partition coefficient (Wildman–Crippen LogP) is 2.55. The van der Waals surface area contributed by atoms with E-state index in [-0.39, 0.29) is 19.1 Å². The van der Waals surface area contributed by atoms with E-state index in [0.717, 1.165) is 10.6 Å². The number of hydrogen-bond acceptors (Lipinski definition) is 5. The minimum Gasteiger partial charge on any atom is -0.445 e. The van der Waals surface area contributed by atoms with Gasteiger partial charge in [0.25, 0.3) is 5.91 Å². The normalized spacial score (nSPS) is 16.2. The van der Waals surface area contributed by atoms with Crippen LogP contribution >= 0.6 is 0 Å². The van der Waals surface area contributed by atoms with Crippen LogP contribution in [0.3, 0.4) is 0 Å². The van der Waals surface area contributed by atoms with Crippen LogP contribution in [0.25, 0.3) is 0 Å². The third-order valence-electron chi connectivity index (χ3n) is 3.36. The highest BCUT2D eigenvalue weighted by atomic mass is 16.6. The van der Waals surface area contributed by atoms with Crippen LogP contribution in [0.15, 0.2) is 54.3 Å². The molecule has 0 spiro atoms. The molecule has 1 N–H and O–H groups in total. The van der Waals surface area contributed by atoms with Crippen LogP contribution in [0, 0.1) is 0 Å². The van der Waals surface area contributed by atoms with E-state index in [0.29, 0.717) is 24.2 Å². The topological polar surface area (TPSA) is 67.9 Å². The summed E-state index contributed by atoms with van der Waals surface area (Å²) in [6.45, 7) is 4.11. The van der Waals surface area contributed by atoms with Crippen LogP contribution in [0.2, 0.25) is 0 Å². The van der Waals surface area contributed by atoms with E-state index in [9.17, 15) is 9.59 Å². The standard InChI is InChI=1S/C17H20N2O4/c1-3-11-23-17(21)19-10-9-14(16(19)20)15(12-22-2)18-13-7-5-4-6-8-13/h3-8,18H,1,9-12H2,2H3/b15-14+. The number of nitrogens with zero attached hydrogens (tertiary/aromatic N) is 1. The summed E-state index contributed by atoms with van der Waals surface area (Å²) in [7, 11) is 1.56. The number of likely N-dealkylation sites (tertiary alicyclic amines) is 1. The second kappa shape index (κ2) is 8.14. The lowest BCUT2D eigenvalue weighted by molar-refractivity contribution is -0.123. The molecule has 0 unspecified atom stereocenters. The highest BCUT2D eigenvalue weighted by Gasteiger charge is 2.34. The van der Waals surface area contributed by atoms with Crippen LogP contribution in [-0.2, 0) is 14.3 Å². The van der Waals surface area contributed by atoms with E-state index in [1.807, 2.05) is 30.3 Å². The van der Waals surface area contributed by atoms with Gasteiger partial charge in [-0.2, -0.15) is 0 Å². The first-order valence-corrected chi connectivity index (χ1v) is 7.30. The summed E-state index contributed by atoms with van der Waals surface area (Å²) in [6, 6.07) is 9.49. The lowest BCUT2D eigenvalue weighted by Crippen LogP contribution is -2.33. The molecule has 1 heterocycles. The SMILES string of the molecule is C=CCOC(=O)N1CC/C(=C(/COC)Nc2ccccc2)C1=O. The number of nitrogens with one attached hydrogen (secondary N) is 1. The zero-order valence-corrected chi connectivity index (χ0v) is 13.1. The van der Waals surface area contributed by atoms with Gasteiger partial charge in [0.1, 0.15) is 6.61 Å². The van der Waals surface area contributed by atoms with Gasteiger partial charge in [-0.25, -0.2) is 9.69 Å². The van der Waals surface area contributed by atoms with Crippen LogP contribution in [0.5, 0.6) is 0 Å².